The molecule has 1 fully saturated rings. The lowest BCUT2D eigenvalue weighted by atomic mass is 10.2. The molecule has 2 aromatic carbocycles. The zero-order valence-corrected chi connectivity index (χ0v) is 16.6. The summed E-state index contributed by atoms with van der Waals surface area (Å²) < 4.78 is 43.0. The van der Waals surface area contributed by atoms with Gasteiger partial charge in [0.25, 0.3) is 0 Å². The van der Waals surface area contributed by atoms with Gasteiger partial charge in [0, 0.05) is 11.3 Å². The summed E-state index contributed by atoms with van der Waals surface area (Å²) in [5.41, 5.74) is 0.932. The number of nitrogens with zero attached hydrogens (tertiary/aromatic N) is 3. The Labute approximate surface area is 171 Å². The van der Waals surface area contributed by atoms with Crippen LogP contribution in [0.25, 0.3) is 11.5 Å². The minimum Gasteiger partial charge on any atom is -0.388 e. The molecule has 0 bridgehead atoms. The Morgan fingerprint density at radius 3 is 2.50 bits per heavy atom. The van der Waals surface area contributed by atoms with E-state index in [-0.39, 0.29) is 17.4 Å². The summed E-state index contributed by atoms with van der Waals surface area (Å²) in [6, 6.07) is 13.4. The smallest absolute Gasteiger partial charge is 0.388 e. The van der Waals surface area contributed by atoms with Gasteiger partial charge in [0.15, 0.2) is 9.84 Å². The van der Waals surface area contributed by atoms with Crippen molar-refractivity contribution in [1.82, 2.24) is 9.78 Å². The third-order valence-electron chi connectivity index (χ3n) is 4.86. The average molecular weight is 431 g/mol. The summed E-state index contributed by atoms with van der Waals surface area (Å²) in [5.74, 6) is -1.93. The highest BCUT2D eigenvalue weighted by molar-refractivity contribution is 7.91. The van der Waals surface area contributed by atoms with Gasteiger partial charge in [-0.1, -0.05) is 18.2 Å². The van der Waals surface area contributed by atoms with Gasteiger partial charge in [0.1, 0.15) is 12.4 Å². The van der Waals surface area contributed by atoms with E-state index in [9.17, 15) is 22.4 Å². The predicted molar refractivity (Wildman–Crippen MR) is 107 cm³/mol. The number of sulfone groups is 1. The summed E-state index contributed by atoms with van der Waals surface area (Å²) >= 11 is 0. The Morgan fingerprint density at radius 1 is 1.17 bits per heavy atom. The van der Waals surface area contributed by atoms with Crippen LogP contribution in [-0.2, 0) is 21.2 Å². The van der Waals surface area contributed by atoms with Crippen molar-refractivity contribution in [3.63, 3.8) is 0 Å². The summed E-state index contributed by atoms with van der Waals surface area (Å²) in [6.07, 6.45) is 0.317. The monoisotopic (exact) mass is 431 g/mol. The molecule has 10 heteroatoms. The number of carbonyl (C=O) groups excluding carboxylic acids is 1. The van der Waals surface area contributed by atoms with E-state index in [1.807, 2.05) is 0 Å². The zero-order chi connectivity index (χ0) is 21.3. The number of anilines is 1. The van der Waals surface area contributed by atoms with E-state index >= 15 is 0 Å². The molecule has 0 N–H and O–H groups in total. The molecule has 0 radical (unpaired) electrons. The first-order valence-electron chi connectivity index (χ1n) is 9.24. The molecule has 1 atom stereocenters. The molecule has 156 valence electrons. The van der Waals surface area contributed by atoms with Crippen LogP contribution in [0.2, 0.25) is 0 Å². The third kappa shape index (κ3) is 4.18. The fraction of sp³-hybridized carbons (Fsp3) is 0.250. The Kier molecular flexibility index (Phi) is 5.25. The lowest BCUT2D eigenvalue weighted by molar-refractivity contribution is -0.119. The molecule has 4 rings (SSSR count). The van der Waals surface area contributed by atoms with Crippen molar-refractivity contribution in [3.8, 4) is 11.5 Å². The molecule has 0 aliphatic carbocycles. The number of aromatic nitrogens is 2. The lowest BCUT2D eigenvalue weighted by Crippen LogP contribution is -2.44. The Balaban J connectivity index is 1.62. The minimum absolute atomic E-state index is 0.00685. The van der Waals surface area contributed by atoms with Crippen LogP contribution in [0.4, 0.5) is 10.1 Å². The highest BCUT2D eigenvalue weighted by Crippen LogP contribution is 2.25. The Morgan fingerprint density at radius 2 is 1.87 bits per heavy atom. The van der Waals surface area contributed by atoms with Crippen LogP contribution >= 0.6 is 0 Å². The second kappa shape index (κ2) is 7.86. The third-order valence-corrected chi connectivity index (χ3v) is 6.61. The second-order valence-corrected chi connectivity index (χ2v) is 9.22. The summed E-state index contributed by atoms with van der Waals surface area (Å²) in [5, 5.41) is 4.03. The van der Waals surface area contributed by atoms with Crippen LogP contribution in [-0.4, -0.2) is 41.7 Å². The van der Waals surface area contributed by atoms with Crippen molar-refractivity contribution < 1.29 is 22.0 Å². The van der Waals surface area contributed by atoms with E-state index in [2.05, 4.69) is 5.10 Å². The van der Waals surface area contributed by atoms with Gasteiger partial charge in [-0.05, 0) is 42.8 Å². The number of halogens is 1. The van der Waals surface area contributed by atoms with E-state index in [0.29, 0.717) is 17.7 Å². The first kappa shape index (κ1) is 20.0. The molecule has 0 unspecified atom stereocenters. The van der Waals surface area contributed by atoms with Crippen molar-refractivity contribution >= 4 is 21.4 Å². The first-order valence-corrected chi connectivity index (χ1v) is 11.1. The van der Waals surface area contributed by atoms with Gasteiger partial charge in [0.05, 0.1) is 17.5 Å². The maximum atomic E-state index is 13.1. The molecule has 1 amide bonds. The predicted octanol–water partition coefficient (Wildman–Crippen LogP) is 1.86. The van der Waals surface area contributed by atoms with Crippen LogP contribution in [0.3, 0.4) is 0 Å². The van der Waals surface area contributed by atoms with Gasteiger partial charge in [-0.25, -0.2) is 17.6 Å². The van der Waals surface area contributed by atoms with Crippen molar-refractivity contribution in [1.29, 1.82) is 0 Å². The van der Waals surface area contributed by atoms with Gasteiger partial charge >= 0.3 is 5.76 Å². The zero-order valence-electron chi connectivity index (χ0n) is 15.8. The molecule has 1 saturated heterocycles. The number of hydrogen-bond donors (Lipinski definition) is 0. The SMILES string of the molecule is O=C(Cn1nc(-c2ccc(F)cc2)oc1=O)N(c1ccccc1)[C@H]1CCS(=O)(=O)C1. The maximum Gasteiger partial charge on any atom is 0.437 e. The first-order chi connectivity index (χ1) is 14.3. The largest absolute Gasteiger partial charge is 0.437 e. The fourth-order valence-corrected chi connectivity index (χ4v) is 5.15. The number of benzene rings is 2. The minimum atomic E-state index is -3.23. The molecule has 1 aliphatic rings. The molecule has 30 heavy (non-hydrogen) atoms. The Bertz CT molecular complexity index is 1220. The van der Waals surface area contributed by atoms with E-state index in [0.717, 1.165) is 4.68 Å². The van der Waals surface area contributed by atoms with Crippen LogP contribution < -0.4 is 10.7 Å². The fourth-order valence-electron chi connectivity index (χ4n) is 3.45. The number of rotatable bonds is 5. The summed E-state index contributed by atoms with van der Waals surface area (Å²) in [6.45, 7) is -0.422. The second-order valence-electron chi connectivity index (χ2n) is 6.99. The van der Waals surface area contributed by atoms with E-state index in [1.165, 1.54) is 29.2 Å². The van der Waals surface area contributed by atoms with Crippen LogP contribution in [0.1, 0.15) is 6.42 Å². The van der Waals surface area contributed by atoms with E-state index in [4.69, 9.17) is 4.42 Å². The van der Waals surface area contributed by atoms with Gasteiger partial charge in [-0.2, -0.15) is 4.68 Å². The standard InChI is InChI=1S/C20H18FN3O5S/c21-15-8-6-14(7-9-15)19-22-23(20(26)29-19)12-18(25)24(16-4-2-1-3-5-16)17-10-11-30(27,28)13-17/h1-9,17H,10-13H2/t17-/m0/s1. The Hall–Kier alpha value is -3.27. The molecule has 1 aliphatic heterocycles. The van der Waals surface area contributed by atoms with Crippen molar-refractivity contribution in [2.45, 2.75) is 19.0 Å². The molecule has 0 spiro atoms. The highest BCUT2D eigenvalue weighted by Gasteiger charge is 2.35. The lowest BCUT2D eigenvalue weighted by Gasteiger charge is -2.28. The molecule has 2 heterocycles. The average Bonchev–Trinajstić information content (AvgIpc) is 3.25. The van der Waals surface area contributed by atoms with E-state index in [1.54, 1.807) is 30.3 Å². The summed E-state index contributed by atoms with van der Waals surface area (Å²) in [7, 11) is -3.23. The quantitative estimate of drug-likeness (QED) is 0.611. The number of hydrogen-bond acceptors (Lipinski definition) is 6. The highest BCUT2D eigenvalue weighted by atomic mass is 32.2. The molecule has 1 aromatic heterocycles. The topological polar surface area (TPSA) is 102 Å². The van der Waals surface area contributed by atoms with Crippen molar-refractivity contribution in [3.05, 3.63) is 71.0 Å². The normalized spacial score (nSPS) is 17.7. The van der Waals surface area contributed by atoms with Gasteiger partial charge < -0.3 is 9.32 Å². The molecule has 0 saturated carbocycles. The van der Waals surface area contributed by atoms with Gasteiger partial charge in [-0.15, -0.1) is 5.10 Å². The van der Waals surface area contributed by atoms with E-state index < -0.39 is 39.9 Å². The molecule has 3 aromatic rings. The molecule has 8 nitrogen and oxygen atoms in total. The van der Waals surface area contributed by atoms with Gasteiger partial charge in [0.2, 0.25) is 11.8 Å². The molecular weight excluding hydrogens is 413 g/mol. The maximum absolute atomic E-state index is 13.1. The van der Waals surface area contributed by atoms with Crippen LogP contribution in [0.15, 0.2) is 63.8 Å². The van der Waals surface area contributed by atoms with Crippen LogP contribution in [0.5, 0.6) is 0 Å². The number of carbonyl (C=O) groups is 1. The summed E-state index contributed by atoms with van der Waals surface area (Å²) in [4.78, 5) is 26.7. The van der Waals surface area contributed by atoms with Crippen LogP contribution in [0, 0.1) is 5.82 Å². The number of amides is 1. The van der Waals surface area contributed by atoms with Crippen molar-refractivity contribution in [2.24, 2.45) is 0 Å². The molecular formula is C20H18FN3O5S. The van der Waals surface area contributed by atoms with Gasteiger partial charge in [-0.3, -0.25) is 4.79 Å². The number of para-hydroxylation sites is 1. The van der Waals surface area contributed by atoms with Crippen molar-refractivity contribution in [2.75, 3.05) is 16.4 Å².